The second-order valence-corrected chi connectivity index (χ2v) is 10.8. The smallest absolute Gasteiger partial charge is 0.338 e. The van der Waals surface area contributed by atoms with Gasteiger partial charge in [-0.25, -0.2) is 14.6 Å². The van der Waals surface area contributed by atoms with Gasteiger partial charge >= 0.3 is 11.9 Å². The number of rotatable bonds is 9. The van der Waals surface area contributed by atoms with E-state index in [1.165, 1.54) is 17.7 Å². The molecule has 0 amide bonds. The maximum absolute atomic E-state index is 14.0. The minimum absolute atomic E-state index is 0.100. The zero-order valence-corrected chi connectivity index (χ0v) is 24.6. The lowest BCUT2D eigenvalue weighted by Gasteiger charge is -2.27. The van der Waals surface area contributed by atoms with E-state index < -0.39 is 23.5 Å². The lowest BCUT2D eigenvalue weighted by atomic mass is 9.93. The predicted octanol–water partition coefficient (Wildman–Crippen LogP) is 5.20. The molecule has 0 spiro atoms. The second kappa shape index (κ2) is 12.2. The second-order valence-electron chi connectivity index (χ2n) is 9.35. The van der Waals surface area contributed by atoms with Crippen molar-refractivity contribution in [2.45, 2.75) is 32.7 Å². The number of methoxy groups -OCH3 is 1. The Morgan fingerprint density at radius 2 is 1.95 bits per heavy atom. The molecule has 216 valence electrons. The molecule has 1 N–H and O–H groups in total. The first-order valence-electron chi connectivity index (χ1n) is 13.2. The number of carbonyl (C=O) groups excluding carboxylic acids is 1. The third-order valence-corrected chi connectivity index (χ3v) is 7.92. The van der Waals surface area contributed by atoms with Gasteiger partial charge in [0, 0.05) is 22.2 Å². The summed E-state index contributed by atoms with van der Waals surface area (Å²) < 4.78 is 18.8. The van der Waals surface area contributed by atoms with Crippen LogP contribution in [0.1, 0.15) is 54.4 Å². The van der Waals surface area contributed by atoms with Crippen LogP contribution < -0.4 is 19.6 Å². The average Bonchev–Trinajstić information content (AvgIpc) is 3.56. The summed E-state index contributed by atoms with van der Waals surface area (Å²) in [4.78, 5) is 44.3. The highest BCUT2D eigenvalue weighted by Gasteiger charge is 2.36. The van der Waals surface area contributed by atoms with Crippen LogP contribution in [0.2, 0.25) is 5.02 Å². The lowest BCUT2D eigenvalue weighted by molar-refractivity contribution is -0.139. The number of hydrogen-bond donors (Lipinski definition) is 1. The quantitative estimate of drug-likeness (QED) is 0.260. The molecule has 0 saturated carbocycles. The van der Waals surface area contributed by atoms with E-state index in [2.05, 4.69) is 0 Å². The first-order chi connectivity index (χ1) is 20.3. The maximum atomic E-state index is 14.0. The molecule has 3 heterocycles. The maximum Gasteiger partial charge on any atom is 0.338 e. The predicted molar refractivity (Wildman–Crippen MR) is 159 cm³/mol. The summed E-state index contributed by atoms with van der Waals surface area (Å²) >= 11 is 7.55. The molecule has 0 radical (unpaired) electrons. The van der Waals surface area contributed by atoms with Gasteiger partial charge in [-0.3, -0.25) is 9.36 Å². The molecule has 2 aromatic carbocycles. The summed E-state index contributed by atoms with van der Waals surface area (Å²) in [6.45, 7) is 3.85. The fourth-order valence-electron chi connectivity index (χ4n) is 4.92. The van der Waals surface area contributed by atoms with E-state index in [9.17, 15) is 19.5 Å². The Bertz CT molecular complexity index is 1900. The number of benzene rings is 2. The van der Waals surface area contributed by atoms with Crippen molar-refractivity contribution in [2.75, 3.05) is 13.7 Å². The molecule has 11 heteroatoms. The number of carbonyl (C=O) groups is 2. The van der Waals surface area contributed by atoms with Crippen LogP contribution in [0.3, 0.4) is 0 Å². The number of nitrogens with zero attached hydrogens (tertiary/aromatic N) is 2. The molecule has 1 aliphatic rings. The van der Waals surface area contributed by atoms with Gasteiger partial charge in [0.15, 0.2) is 4.80 Å². The Labute approximate surface area is 249 Å². The van der Waals surface area contributed by atoms with Crippen LogP contribution in [0.4, 0.5) is 0 Å². The van der Waals surface area contributed by atoms with Crippen molar-refractivity contribution in [1.29, 1.82) is 0 Å². The Balaban J connectivity index is 1.71. The molecule has 1 aliphatic heterocycles. The van der Waals surface area contributed by atoms with Crippen LogP contribution in [0, 0.1) is 0 Å². The number of aromatic nitrogens is 1. The van der Waals surface area contributed by atoms with E-state index in [-0.39, 0.29) is 17.7 Å². The van der Waals surface area contributed by atoms with Gasteiger partial charge in [0.25, 0.3) is 5.56 Å². The third-order valence-electron chi connectivity index (χ3n) is 6.70. The minimum Gasteiger partial charge on any atom is -0.496 e. The van der Waals surface area contributed by atoms with Crippen molar-refractivity contribution in [2.24, 2.45) is 4.99 Å². The fourth-order valence-corrected chi connectivity index (χ4v) is 6.10. The molecule has 1 atom stereocenters. The van der Waals surface area contributed by atoms with Gasteiger partial charge in [0.2, 0.25) is 0 Å². The summed E-state index contributed by atoms with van der Waals surface area (Å²) in [5.41, 5.74) is 1.43. The highest BCUT2D eigenvalue weighted by molar-refractivity contribution is 7.07. The monoisotopic (exact) mass is 606 g/mol. The Kier molecular flexibility index (Phi) is 8.46. The van der Waals surface area contributed by atoms with Crippen molar-refractivity contribution in [3.63, 3.8) is 0 Å². The molecule has 0 saturated heterocycles. The molecule has 0 bridgehead atoms. The largest absolute Gasteiger partial charge is 0.496 e. The van der Waals surface area contributed by atoms with Crippen molar-refractivity contribution in [1.82, 2.24) is 4.57 Å². The van der Waals surface area contributed by atoms with Crippen molar-refractivity contribution >= 4 is 41.0 Å². The molecule has 0 aliphatic carbocycles. The van der Waals surface area contributed by atoms with Crippen LogP contribution >= 0.6 is 22.9 Å². The number of hydrogen-bond acceptors (Lipinski definition) is 8. The Hall–Kier alpha value is -4.41. The highest BCUT2D eigenvalue weighted by Crippen LogP contribution is 2.38. The van der Waals surface area contributed by atoms with Gasteiger partial charge < -0.3 is 19.0 Å². The van der Waals surface area contributed by atoms with E-state index in [4.69, 9.17) is 30.5 Å². The molecule has 0 fully saturated rings. The molecule has 4 aromatic rings. The van der Waals surface area contributed by atoms with E-state index >= 15 is 0 Å². The van der Waals surface area contributed by atoms with Crippen molar-refractivity contribution in [3.05, 3.63) is 107 Å². The van der Waals surface area contributed by atoms with E-state index in [0.717, 1.165) is 11.3 Å². The highest BCUT2D eigenvalue weighted by atomic mass is 35.5. The number of furan rings is 1. The molecule has 0 unspecified atom stereocenters. The molecule has 42 heavy (non-hydrogen) atoms. The third kappa shape index (κ3) is 5.43. The van der Waals surface area contributed by atoms with Gasteiger partial charge in [-0.05, 0) is 49.7 Å². The fraction of sp³-hybridized carbons (Fsp3) is 0.226. The normalized spacial score (nSPS) is 14.9. The number of esters is 1. The van der Waals surface area contributed by atoms with Crippen LogP contribution in [0.25, 0.3) is 17.4 Å². The first kappa shape index (κ1) is 29.1. The van der Waals surface area contributed by atoms with Gasteiger partial charge in [-0.15, -0.1) is 0 Å². The molecular formula is C31H27ClN2O7S. The number of fused-ring (bicyclic) bond motifs is 1. The van der Waals surface area contributed by atoms with E-state index in [1.54, 1.807) is 61.5 Å². The molecule has 2 aromatic heterocycles. The number of allylic oxidation sites excluding steroid dienone is 1. The van der Waals surface area contributed by atoms with Crippen LogP contribution in [-0.2, 0) is 9.53 Å². The molecule has 9 nitrogen and oxygen atoms in total. The van der Waals surface area contributed by atoms with Gasteiger partial charge in [0.1, 0.15) is 23.3 Å². The number of carboxylic acids is 1. The average molecular weight is 607 g/mol. The number of ether oxygens (including phenoxy) is 2. The summed E-state index contributed by atoms with van der Waals surface area (Å²) in [6.07, 6.45) is 2.78. The number of halogens is 1. The van der Waals surface area contributed by atoms with Crippen LogP contribution in [0.15, 0.2) is 80.1 Å². The topological polar surface area (TPSA) is 120 Å². The zero-order valence-electron chi connectivity index (χ0n) is 23.0. The van der Waals surface area contributed by atoms with Crippen molar-refractivity contribution in [3.8, 4) is 17.1 Å². The standard InChI is InChI=1S/C31H27ClN2O7S/c1-4-8-22-26(30(38)40-5-2)27(21-15-17(32)11-13-23(21)39-3)34-28(35)25(42-31(34)33-22)16-18-12-14-24(41-18)19-9-6-7-10-20(19)29(36)37/h6-7,9-16,27H,4-5,8H2,1-3H3,(H,36,37)/b25-16+/t27-/m1/s1. The Morgan fingerprint density at radius 1 is 1.17 bits per heavy atom. The zero-order chi connectivity index (χ0) is 30.0. The molecular weight excluding hydrogens is 580 g/mol. The minimum atomic E-state index is -1.08. The van der Waals surface area contributed by atoms with Crippen LogP contribution in [0.5, 0.6) is 5.75 Å². The van der Waals surface area contributed by atoms with Gasteiger partial charge in [-0.1, -0.05) is 54.5 Å². The summed E-state index contributed by atoms with van der Waals surface area (Å²) in [5, 5.41) is 9.98. The van der Waals surface area contributed by atoms with Crippen LogP contribution in [-0.4, -0.2) is 35.3 Å². The van der Waals surface area contributed by atoms with Gasteiger partial charge in [-0.2, -0.15) is 0 Å². The molecule has 5 rings (SSSR count). The Morgan fingerprint density at radius 3 is 2.67 bits per heavy atom. The van der Waals surface area contributed by atoms with Crippen molar-refractivity contribution < 1.29 is 28.6 Å². The number of carboxylic acid groups (broad SMARTS) is 1. The van der Waals surface area contributed by atoms with E-state index in [1.807, 2.05) is 6.92 Å². The summed E-state index contributed by atoms with van der Waals surface area (Å²) in [5.74, 6) is -0.493. The summed E-state index contributed by atoms with van der Waals surface area (Å²) in [7, 11) is 1.51. The summed E-state index contributed by atoms with van der Waals surface area (Å²) in [6, 6.07) is 14.0. The first-order valence-corrected chi connectivity index (χ1v) is 14.4. The van der Waals surface area contributed by atoms with E-state index in [0.29, 0.717) is 61.3 Å². The SMILES string of the molecule is CCCC1=C(C(=O)OCC)[C@@H](c2cc(Cl)ccc2OC)n2c(s/c(=C/c3ccc(-c4ccccc4C(=O)O)o3)c2=O)=N1. The number of thiazole rings is 1. The van der Waals surface area contributed by atoms with Gasteiger partial charge in [0.05, 0.1) is 35.1 Å². The lowest BCUT2D eigenvalue weighted by Crippen LogP contribution is -2.40. The number of aromatic carboxylic acids is 1.